The first-order valence-corrected chi connectivity index (χ1v) is 2.87. The maximum absolute atomic E-state index is 8.90. The normalized spacial score (nSPS) is 10.6. The highest BCUT2D eigenvalue weighted by molar-refractivity contribution is 5.02. The quantitative estimate of drug-likeness (QED) is 0.569. The van der Waals surface area contributed by atoms with Crippen LogP contribution in [0, 0.1) is 6.20 Å². The summed E-state index contributed by atoms with van der Waals surface area (Å²) >= 11 is 0. The van der Waals surface area contributed by atoms with Crippen LogP contribution < -0.4 is 0 Å². The fraction of sp³-hybridized carbons (Fsp3) is 0.500. The van der Waals surface area contributed by atoms with Gasteiger partial charge in [-0.3, -0.25) is 0 Å². The molecule has 0 fully saturated rings. The van der Waals surface area contributed by atoms with Crippen molar-refractivity contribution in [3.63, 3.8) is 0 Å². The van der Waals surface area contributed by atoms with E-state index < -0.39 is 0 Å². The van der Waals surface area contributed by atoms with E-state index in [-0.39, 0.29) is 0 Å². The first-order valence-electron chi connectivity index (χ1n) is 2.87. The Bertz CT molecular complexity index is 193. The highest BCUT2D eigenvalue weighted by Gasteiger charge is 2.03. The first kappa shape index (κ1) is 6.13. The van der Waals surface area contributed by atoms with Gasteiger partial charge in [-0.15, -0.1) is 9.94 Å². The van der Waals surface area contributed by atoms with Crippen molar-refractivity contribution in [3.05, 3.63) is 18.0 Å². The zero-order valence-electron chi connectivity index (χ0n) is 5.50. The van der Waals surface area contributed by atoms with E-state index in [0.29, 0.717) is 5.92 Å². The lowest BCUT2D eigenvalue weighted by Crippen LogP contribution is -2.00. The molecule has 0 amide bonds. The van der Waals surface area contributed by atoms with Crippen LogP contribution in [0.2, 0.25) is 0 Å². The summed E-state index contributed by atoms with van der Waals surface area (Å²) in [5, 5.41) is 12.4. The fourth-order valence-electron chi connectivity index (χ4n) is 0.663. The van der Waals surface area contributed by atoms with Crippen LogP contribution in [-0.4, -0.2) is 15.2 Å². The van der Waals surface area contributed by atoms with Crippen molar-refractivity contribution in [2.75, 3.05) is 0 Å². The van der Waals surface area contributed by atoms with E-state index in [4.69, 9.17) is 5.21 Å². The predicted octanol–water partition coefficient (Wildman–Crippen LogP) is 1.04. The predicted molar refractivity (Wildman–Crippen MR) is 32.3 cm³/mol. The monoisotopic (exact) mass is 125 g/mol. The summed E-state index contributed by atoms with van der Waals surface area (Å²) in [6.07, 6.45) is 2.54. The zero-order valence-corrected chi connectivity index (χ0v) is 5.50. The number of nitrogens with zero attached hydrogens (tertiary/aromatic N) is 2. The van der Waals surface area contributed by atoms with Gasteiger partial charge in [-0.25, -0.2) is 0 Å². The fourth-order valence-corrected chi connectivity index (χ4v) is 0.663. The van der Waals surface area contributed by atoms with Gasteiger partial charge in [0.15, 0.2) is 0 Å². The van der Waals surface area contributed by atoms with Crippen LogP contribution in [0.4, 0.5) is 0 Å². The molecular formula is C6H9N2O. The second kappa shape index (κ2) is 2.09. The van der Waals surface area contributed by atoms with E-state index >= 15 is 0 Å². The van der Waals surface area contributed by atoms with Crippen molar-refractivity contribution < 1.29 is 5.21 Å². The minimum absolute atomic E-state index is 0.300. The molecule has 0 spiro atoms. The molecule has 0 bridgehead atoms. The zero-order chi connectivity index (χ0) is 6.85. The average molecular weight is 125 g/mol. The van der Waals surface area contributed by atoms with Gasteiger partial charge in [0, 0.05) is 0 Å². The molecule has 0 aliphatic heterocycles. The van der Waals surface area contributed by atoms with E-state index in [9.17, 15) is 0 Å². The van der Waals surface area contributed by atoms with E-state index in [1.54, 1.807) is 6.07 Å². The van der Waals surface area contributed by atoms with Crippen molar-refractivity contribution in [1.82, 2.24) is 9.94 Å². The highest BCUT2D eigenvalue weighted by Crippen LogP contribution is 2.10. The van der Waals surface area contributed by atoms with Crippen molar-refractivity contribution in [2.45, 2.75) is 19.8 Å². The second-order valence-electron chi connectivity index (χ2n) is 2.24. The van der Waals surface area contributed by atoms with Crippen LogP contribution >= 0.6 is 0 Å². The van der Waals surface area contributed by atoms with E-state index in [2.05, 4.69) is 11.3 Å². The van der Waals surface area contributed by atoms with Gasteiger partial charge < -0.3 is 5.21 Å². The maximum atomic E-state index is 8.90. The molecule has 0 aliphatic carbocycles. The summed E-state index contributed by atoms with van der Waals surface area (Å²) in [6, 6.07) is 1.67. The van der Waals surface area contributed by atoms with Gasteiger partial charge >= 0.3 is 0 Å². The molecule has 3 nitrogen and oxygen atoms in total. The van der Waals surface area contributed by atoms with Crippen LogP contribution in [0.1, 0.15) is 25.5 Å². The molecule has 9 heavy (non-hydrogen) atoms. The summed E-state index contributed by atoms with van der Waals surface area (Å²) < 4.78 is 0. The lowest BCUT2D eigenvalue weighted by molar-refractivity contribution is 0.137. The molecule has 0 aromatic carbocycles. The molecular weight excluding hydrogens is 116 g/mol. The Morgan fingerprint density at radius 3 is 2.67 bits per heavy atom. The third-order valence-electron chi connectivity index (χ3n) is 1.19. The molecule has 1 heterocycles. The Balaban J connectivity index is 2.94. The average Bonchev–Trinajstić information content (AvgIpc) is 2.13. The third kappa shape index (κ3) is 1.04. The van der Waals surface area contributed by atoms with Crippen molar-refractivity contribution in [1.29, 1.82) is 0 Å². The lowest BCUT2D eigenvalue weighted by atomic mass is 10.1. The van der Waals surface area contributed by atoms with Crippen LogP contribution in [0.15, 0.2) is 6.07 Å². The molecule has 49 valence electrons. The second-order valence-corrected chi connectivity index (χ2v) is 2.24. The summed E-state index contributed by atoms with van der Waals surface area (Å²) in [6.45, 7) is 3.97. The van der Waals surface area contributed by atoms with E-state index in [0.717, 1.165) is 10.5 Å². The molecule has 0 saturated carbocycles. The standard InChI is InChI=1S/C6H9N2O/c1-5(2)6-3-4-7-8(6)9/h3,5,9H,1-2H3. The maximum Gasteiger partial charge on any atom is 0.117 e. The van der Waals surface area contributed by atoms with Gasteiger partial charge in [-0.1, -0.05) is 13.8 Å². The molecule has 0 unspecified atom stereocenters. The minimum atomic E-state index is 0.300. The Morgan fingerprint density at radius 1 is 1.78 bits per heavy atom. The molecule has 3 heteroatoms. The number of aromatic nitrogens is 2. The first-order chi connectivity index (χ1) is 4.22. The summed E-state index contributed by atoms with van der Waals surface area (Å²) in [5.74, 6) is 0.300. The van der Waals surface area contributed by atoms with Crippen LogP contribution in [0.5, 0.6) is 0 Å². The minimum Gasteiger partial charge on any atom is -0.411 e. The van der Waals surface area contributed by atoms with Gasteiger partial charge in [0.1, 0.15) is 6.20 Å². The Kier molecular flexibility index (Phi) is 1.42. The highest BCUT2D eigenvalue weighted by atomic mass is 16.5. The molecule has 1 radical (unpaired) electrons. The van der Waals surface area contributed by atoms with Gasteiger partial charge in [0.25, 0.3) is 0 Å². The summed E-state index contributed by atoms with van der Waals surface area (Å²) in [5.41, 5.74) is 0.787. The molecule has 1 aromatic rings. The van der Waals surface area contributed by atoms with Crippen LogP contribution in [-0.2, 0) is 0 Å². The van der Waals surface area contributed by atoms with Gasteiger partial charge in [0.2, 0.25) is 0 Å². The van der Waals surface area contributed by atoms with E-state index in [1.165, 1.54) is 0 Å². The smallest absolute Gasteiger partial charge is 0.117 e. The largest absolute Gasteiger partial charge is 0.411 e. The van der Waals surface area contributed by atoms with Gasteiger partial charge in [0.05, 0.1) is 5.69 Å². The van der Waals surface area contributed by atoms with Crippen LogP contribution in [0.3, 0.4) is 0 Å². The molecule has 1 aromatic heterocycles. The molecule has 1 rings (SSSR count). The SMILES string of the molecule is CC(C)c1c[c]nn1O. The van der Waals surface area contributed by atoms with Crippen LogP contribution in [0.25, 0.3) is 0 Å². The van der Waals surface area contributed by atoms with Gasteiger partial charge in [-0.2, -0.15) is 0 Å². The Labute approximate surface area is 53.9 Å². The summed E-state index contributed by atoms with van der Waals surface area (Å²) in [7, 11) is 0. The van der Waals surface area contributed by atoms with Gasteiger partial charge in [-0.05, 0) is 12.0 Å². The topological polar surface area (TPSA) is 38.0 Å². The van der Waals surface area contributed by atoms with Crippen molar-refractivity contribution in [3.8, 4) is 0 Å². The van der Waals surface area contributed by atoms with E-state index in [1.807, 2.05) is 13.8 Å². The Morgan fingerprint density at radius 2 is 2.44 bits per heavy atom. The Hall–Kier alpha value is -0.990. The molecule has 0 aliphatic rings. The lowest BCUT2D eigenvalue weighted by Gasteiger charge is -2.00. The molecule has 0 atom stereocenters. The summed E-state index contributed by atoms with van der Waals surface area (Å²) in [4.78, 5) is 0.852. The third-order valence-corrected chi connectivity index (χ3v) is 1.19. The van der Waals surface area contributed by atoms with Crippen molar-refractivity contribution in [2.24, 2.45) is 0 Å². The molecule has 1 N–H and O–H groups in total. The molecule has 0 saturated heterocycles. The number of rotatable bonds is 1. The van der Waals surface area contributed by atoms with Crippen molar-refractivity contribution >= 4 is 0 Å². The number of hydrogen-bond acceptors (Lipinski definition) is 2. The number of hydrogen-bond donors (Lipinski definition) is 1.